The summed E-state index contributed by atoms with van der Waals surface area (Å²) in [5.74, 6) is 0.685. The van der Waals surface area contributed by atoms with Crippen molar-refractivity contribution in [2.75, 3.05) is 10.2 Å². The van der Waals surface area contributed by atoms with Gasteiger partial charge in [-0.3, -0.25) is 9.59 Å². The summed E-state index contributed by atoms with van der Waals surface area (Å²) in [6.45, 7) is 0.330. The van der Waals surface area contributed by atoms with Crippen LogP contribution in [0.2, 0.25) is 0 Å². The topological polar surface area (TPSA) is 71.5 Å². The molecule has 0 saturated heterocycles. The smallest absolute Gasteiger partial charge is 0.258 e. The Kier molecular flexibility index (Phi) is 5.96. The summed E-state index contributed by atoms with van der Waals surface area (Å²) in [7, 11) is 0. The second-order valence-corrected chi connectivity index (χ2v) is 9.30. The van der Waals surface area contributed by atoms with Crippen LogP contribution < -0.4 is 15.0 Å². The van der Waals surface area contributed by atoms with E-state index < -0.39 is 0 Å². The van der Waals surface area contributed by atoms with Gasteiger partial charge in [0, 0.05) is 28.6 Å². The molecule has 0 aliphatic carbocycles. The normalized spacial score (nSPS) is 12.1. The molecule has 3 heterocycles. The zero-order valence-corrected chi connectivity index (χ0v) is 20.4. The lowest BCUT2D eigenvalue weighted by Gasteiger charge is -2.22. The minimum atomic E-state index is -0.205. The van der Waals surface area contributed by atoms with Crippen LogP contribution in [-0.2, 0) is 6.54 Å². The number of thiophene rings is 1. The van der Waals surface area contributed by atoms with Crippen molar-refractivity contribution in [3.63, 3.8) is 0 Å². The van der Waals surface area contributed by atoms with Crippen molar-refractivity contribution < 1.29 is 14.3 Å². The molecular formula is C30H21N3O3S. The van der Waals surface area contributed by atoms with Crippen LogP contribution in [0, 0.1) is 0 Å². The van der Waals surface area contributed by atoms with Gasteiger partial charge in [-0.1, -0.05) is 36.4 Å². The standard InChI is InChI=1S/C30H21N3O3S/c34-28(25-8-2-1-7-24(25)22-15-17-37-19-22)32-23-13-11-20(12-14-23)30(35)33-18-21-6-5-16-31-29(21)36-27-10-4-3-9-26(27)33/h1-17,19H,18H2,(H,32,34). The minimum absolute atomic E-state index is 0.173. The molecule has 2 amide bonds. The SMILES string of the molecule is O=C(Nc1ccc(C(=O)N2Cc3cccnc3Oc3ccccc32)cc1)c1ccccc1-c1ccsc1. The zero-order chi connectivity index (χ0) is 25.2. The number of amides is 2. The predicted octanol–water partition coefficient (Wildman–Crippen LogP) is 7.02. The Morgan fingerprint density at radius 2 is 1.70 bits per heavy atom. The number of para-hydroxylation sites is 2. The van der Waals surface area contributed by atoms with Crippen molar-refractivity contribution in [2.24, 2.45) is 0 Å². The van der Waals surface area contributed by atoms with Gasteiger partial charge in [0.15, 0.2) is 5.75 Å². The Labute approximate surface area is 217 Å². The Bertz CT molecular complexity index is 1600. The molecule has 3 aromatic carbocycles. The number of fused-ring (bicyclic) bond motifs is 2. The Hall–Kier alpha value is -4.75. The van der Waals surface area contributed by atoms with Crippen LogP contribution in [0.25, 0.3) is 11.1 Å². The molecule has 5 aromatic rings. The molecule has 1 aliphatic rings. The molecule has 0 fully saturated rings. The fourth-order valence-corrected chi connectivity index (χ4v) is 5.00. The number of carbonyl (C=O) groups excluding carboxylic acids is 2. The van der Waals surface area contributed by atoms with Gasteiger partial charge in [-0.2, -0.15) is 11.3 Å². The summed E-state index contributed by atoms with van der Waals surface area (Å²) in [6, 6.07) is 27.6. The molecule has 0 radical (unpaired) electrons. The van der Waals surface area contributed by atoms with Crippen molar-refractivity contribution in [3.05, 3.63) is 125 Å². The molecule has 2 aromatic heterocycles. The van der Waals surface area contributed by atoms with Gasteiger partial charge in [-0.15, -0.1) is 0 Å². The highest BCUT2D eigenvalue weighted by molar-refractivity contribution is 7.08. The molecule has 180 valence electrons. The number of anilines is 2. The zero-order valence-electron chi connectivity index (χ0n) is 19.6. The fraction of sp³-hybridized carbons (Fsp3) is 0.0333. The lowest BCUT2D eigenvalue weighted by atomic mass is 10.0. The number of carbonyl (C=O) groups is 2. The summed E-state index contributed by atoms with van der Waals surface area (Å²) in [6.07, 6.45) is 1.67. The van der Waals surface area contributed by atoms with Gasteiger partial charge in [0.2, 0.25) is 5.88 Å². The molecular weight excluding hydrogens is 482 g/mol. The molecule has 0 atom stereocenters. The monoisotopic (exact) mass is 503 g/mol. The van der Waals surface area contributed by atoms with E-state index >= 15 is 0 Å². The highest BCUT2D eigenvalue weighted by Crippen LogP contribution is 2.38. The van der Waals surface area contributed by atoms with Crippen molar-refractivity contribution in [1.29, 1.82) is 0 Å². The molecule has 37 heavy (non-hydrogen) atoms. The van der Waals surface area contributed by atoms with Crippen LogP contribution in [0.1, 0.15) is 26.3 Å². The maximum absolute atomic E-state index is 13.6. The largest absolute Gasteiger partial charge is 0.436 e. The number of rotatable bonds is 4. The van der Waals surface area contributed by atoms with Gasteiger partial charge in [0.05, 0.1) is 12.2 Å². The van der Waals surface area contributed by atoms with Crippen LogP contribution in [-0.4, -0.2) is 16.8 Å². The Morgan fingerprint density at radius 3 is 2.54 bits per heavy atom. The number of nitrogens with zero attached hydrogens (tertiary/aromatic N) is 2. The number of benzene rings is 3. The molecule has 7 heteroatoms. The predicted molar refractivity (Wildman–Crippen MR) is 145 cm³/mol. The van der Waals surface area contributed by atoms with Crippen LogP contribution in [0.15, 0.2) is 108 Å². The van der Waals surface area contributed by atoms with E-state index in [9.17, 15) is 9.59 Å². The average molecular weight is 504 g/mol. The minimum Gasteiger partial charge on any atom is -0.436 e. The Balaban J connectivity index is 1.24. The second kappa shape index (κ2) is 9.72. The summed E-state index contributed by atoms with van der Waals surface area (Å²) in [4.78, 5) is 32.7. The quantitative estimate of drug-likeness (QED) is 0.286. The van der Waals surface area contributed by atoms with E-state index in [2.05, 4.69) is 10.3 Å². The van der Waals surface area contributed by atoms with Crippen LogP contribution in [0.4, 0.5) is 11.4 Å². The summed E-state index contributed by atoms with van der Waals surface area (Å²) >= 11 is 1.59. The van der Waals surface area contributed by atoms with Crippen LogP contribution in [0.5, 0.6) is 11.6 Å². The van der Waals surface area contributed by atoms with Crippen molar-refractivity contribution in [3.8, 4) is 22.8 Å². The third kappa shape index (κ3) is 4.48. The molecule has 0 saturated carbocycles. The maximum atomic E-state index is 13.6. The number of nitrogens with one attached hydrogen (secondary N) is 1. The highest BCUT2D eigenvalue weighted by Gasteiger charge is 2.26. The van der Waals surface area contributed by atoms with Crippen molar-refractivity contribution in [1.82, 2.24) is 4.98 Å². The maximum Gasteiger partial charge on any atom is 0.258 e. The number of ether oxygens (including phenoxy) is 1. The van der Waals surface area contributed by atoms with E-state index in [1.807, 2.05) is 77.5 Å². The first-order chi connectivity index (χ1) is 18.2. The van der Waals surface area contributed by atoms with E-state index in [0.717, 1.165) is 16.7 Å². The summed E-state index contributed by atoms with van der Waals surface area (Å²) in [5, 5.41) is 6.97. The third-order valence-electron chi connectivity index (χ3n) is 6.18. The molecule has 1 N–H and O–H groups in total. The summed E-state index contributed by atoms with van der Waals surface area (Å²) < 4.78 is 6.01. The molecule has 0 bridgehead atoms. The third-order valence-corrected chi connectivity index (χ3v) is 6.86. The average Bonchev–Trinajstić information content (AvgIpc) is 3.42. The van der Waals surface area contributed by atoms with Gasteiger partial charge in [-0.05, 0) is 76.5 Å². The number of pyridine rings is 1. The molecule has 1 aliphatic heterocycles. The second-order valence-electron chi connectivity index (χ2n) is 8.52. The number of hydrogen-bond acceptors (Lipinski definition) is 5. The van der Waals surface area contributed by atoms with E-state index in [-0.39, 0.29) is 11.8 Å². The first-order valence-electron chi connectivity index (χ1n) is 11.7. The highest BCUT2D eigenvalue weighted by atomic mass is 32.1. The first kappa shape index (κ1) is 22.7. The van der Waals surface area contributed by atoms with Gasteiger partial charge >= 0.3 is 0 Å². The van der Waals surface area contributed by atoms with Crippen LogP contribution >= 0.6 is 11.3 Å². The molecule has 0 unspecified atom stereocenters. The number of aromatic nitrogens is 1. The van der Waals surface area contributed by atoms with E-state index in [4.69, 9.17) is 4.74 Å². The number of hydrogen-bond donors (Lipinski definition) is 1. The van der Waals surface area contributed by atoms with Crippen molar-refractivity contribution >= 4 is 34.5 Å². The van der Waals surface area contributed by atoms with Gasteiger partial charge in [0.1, 0.15) is 0 Å². The fourth-order valence-electron chi connectivity index (χ4n) is 4.34. The molecule has 6 nitrogen and oxygen atoms in total. The van der Waals surface area contributed by atoms with Crippen molar-refractivity contribution in [2.45, 2.75) is 6.54 Å². The first-order valence-corrected chi connectivity index (χ1v) is 12.7. The van der Waals surface area contributed by atoms with E-state index in [0.29, 0.717) is 40.7 Å². The van der Waals surface area contributed by atoms with Gasteiger partial charge in [-0.25, -0.2) is 4.98 Å². The lowest BCUT2D eigenvalue weighted by Crippen LogP contribution is -2.29. The van der Waals surface area contributed by atoms with E-state index in [1.54, 1.807) is 46.7 Å². The Morgan fingerprint density at radius 1 is 0.892 bits per heavy atom. The summed E-state index contributed by atoms with van der Waals surface area (Å²) in [5.41, 5.74) is 5.08. The van der Waals surface area contributed by atoms with Gasteiger partial charge in [0.25, 0.3) is 11.8 Å². The van der Waals surface area contributed by atoms with E-state index in [1.165, 1.54) is 0 Å². The van der Waals surface area contributed by atoms with Crippen LogP contribution in [0.3, 0.4) is 0 Å². The van der Waals surface area contributed by atoms with Gasteiger partial charge < -0.3 is 15.0 Å². The molecule has 6 rings (SSSR count). The molecule has 0 spiro atoms. The lowest BCUT2D eigenvalue weighted by molar-refractivity contribution is 0.0984.